The fourth-order valence-corrected chi connectivity index (χ4v) is 1.24. The highest BCUT2D eigenvalue weighted by Gasteiger charge is 2.30. The predicted molar refractivity (Wildman–Crippen MR) is 39.0 cm³/mol. The number of allylic oxidation sites excluding steroid dienone is 2. The molecule has 0 saturated heterocycles. The Morgan fingerprint density at radius 3 is 2.90 bits per heavy atom. The Morgan fingerprint density at radius 2 is 2.30 bits per heavy atom. The smallest absolute Gasteiger partial charge is 0.169 e. The van der Waals surface area contributed by atoms with E-state index in [1.54, 1.807) is 6.26 Å². The summed E-state index contributed by atoms with van der Waals surface area (Å²) in [7, 11) is 0. The maximum Gasteiger partial charge on any atom is 0.169 e. The first-order valence-corrected chi connectivity index (χ1v) is 3.65. The maximum atomic E-state index is 5.68. The molecule has 0 bridgehead atoms. The number of nitrogens with two attached hydrogens (primary N) is 1. The van der Waals surface area contributed by atoms with Crippen molar-refractivity contribution in [3.05, 3.63) is 24.0 Å². The van der Waals surface area contributed by atoms with E-state index < -0.39 is 0 Å². The fraction of sp³-hybridized carbons (Fsp3) is 0.500. The Kier molecular flexibility index (Phi) is 1.27. The van der Waals surface area contributed by atoms with Crippen molar-refractivity contribution in [3.8, 4) is 0 Å². The van der Waals surface area contributed by atoms with Gasteiger partial charge in [0.05, 0.1) is 6.26 Å². The van der Waals surface area contributed by atoms with Gasteiger partial charge < -0.3 is 4.74 Å². The lowest BCUT2D eigenvalue weighted by Crippen LogP contribution is -2.26. The summed E-state index contributed by atoms with van der Waals surface area (Å²) in [6.07, 6.45) is 8.05. The standard InChI is InChI=1S/C8H11NO/c9-8-7(6-3-4-6)2-1-5-10-8/h1-2,5-6,8H,3-4,9H2. The third-order valence-corrected chi connectivity index (χ3v) is 1.97. The number of hydrogen-bond acceptors (Lipinski definition) is 2. The molecule has 2 rings (SSSR count). The molecule has 0 amide bonds. The number of rotatable bonds is 1. The molecule has 2 heteroatoms. The monoisotopic (exact) mass is 137 g/mol. The van der Waals surface area contributed by atoms with Crippen LogP contribution in [0.25, 0.3) is 0 Å². The van der Waals surface area contributed by atoms with E-state index in [4.69, 9.17) is 10.5 Å². The average molecular weight is 137 g/mol. The van der Waals surface area contributed by atoms with Gasteiger partial charge in [-0.15, -0.1) is 0 Å². The van der Waals surface area contributed by atoms with Gasteiger partial charge in [0.2, 0.25) is 0 Å². The molecule has 0 radical (unpaired) electrons. The van der Waals surface area contributed by atoms with E-state index in [-0.39, 0.29) is 6.23 Å². The lowest BCUT2D eigenvalue weighted by Gasteiger charge is -2.17. The molecule has 0 aromatic rings. The molecule has 1 aliphatic carbocycles. The maximum absolute atomic E-state index is 5.68. The minimum atomic E-state index is -0.169. The van der Waals surface area contributed by atoms with Crippen LogP contribution in [0.15, 0.2) is 24.0 Å². The minimum Gasteiger partial charge on any atom is -0.479 e. The van der Waals surface area contributed by atoms with Crippen LogP contribution in [0.2, 0.25) is 0 Å². The lowest BCUT2D eigenvalue weighted by atomic mass is 10.1. The van der Waals surface area contributed by atoms with Crippen LogP contribution in [0.3, 0.4) is 0 Å². The van der Waals surface area contributed by atoms with Gasteiger partial charge in [-0.25, -0.2) is 0 Å². The van der Waals surface area contributed by atoms with Crippen molar-refractivity contribution in [1.29, 1.82) is 0 Å². The molecule has 54 valence electrons. The van der Waals surface area contributed by atoms with Crippen LogP contribution in [-0.2, 0) is 4.74 Å². The van der Waals surface area contributed by atoms with E-state index in [2.05, 4.69) is 6.08 Å². The molecule has 10 heavy (non-hydrogen) atoms. The normalized spacial score (nSPS) is 31.3. The first kappa shape index (κ1) is 5.98. The summed E-state index contributed by atoms with van der Waals surface area (Å²) in [5.41, 5.74) is 6.94. The van der Waals surface area contributed by atoms with Crippen LogP contribution in [0.1, 0.15) is 12.8 Å². The van der Waals surface area contributed by atoms with E-state index in [9.17, 15) is 0 Å². The van der Waals surface area contributed by atoms with Crippen LogP contribution in [-0.4, -0.2) is 6.23 Å². The van der Waals surface area contributed by atoms with Gasteiger partial charge in [-0.05, 0) is 30.4 Å². The van der Waals surface area contributed by atoms with Crippen molar-refractivity contribution < 1.29 is 4.74 Å². The van der Waals surface area contributed by atoms with E-state index >= 15 is 0 Å². The zero-order valence-electron chi connectivity index (χ0n) is 5.79. The quantitative estimate of drug-likeness (QED) is 0.588. The molecule has 2 N–H and O–H groups in total. The molecule has 0 aromatic heterocycles. The summed E-state index contributed by atoms with van der Waals surface area (Å²) in [5, 5.41) is 0. The molecule has 1 atom stereocenters. The first-order valence-electron chi connectivity index (χ1n) is 3.65. The minimum absolute atomic E-state index is 0.169. The molecule has 2 aliphatic rings. The molecule has 1 saturated carbocycles. The van der Waals surface area contributed by atoms with E-state index in [0.717, 1.165) is 5.92 Å². The van der Waals surface area contributed by atoms with Gasteiger partial charge in [0.1, 0.15) is 0 Å². The van der Waals surface area contributed by atoms with Gasteiger partial charge in [0.15, 0.2) is 6.23 Å². The summed E-state index contributed by atoms with van der Waals surface area (Å²) < 4.78 is 5.12. The van der Waals surface area contributed by atoms with Crippen molar-refractivity contribution in [1.82, 2.24) is 0 Å². The van der Waals surface area contributed by atoms with Crippen LogP contribution in [0, 0.1) is 5.92 Å². The van der Waals surface area contributed by atoms with Crippen molar-refractivity contribution in [2.75, 3.05) is 0 Å². The van der Waals surface area contributed by atoms with Crippen LogP contribution in [0.5, 0.6) is 0 Å². The summed E-state index contributed by atoms with van der Waals surface area (Å²) in [6, 6.07) is 0. The van der Waals surface area contributed by atoms with Crippen molar-refractivity contribution in [2.24, 2.45) is 11.7 Å². The number of ether oxygens (including phenoxy) is 1. The van der Waals surface area contributed by atoms with E-state index in [1.807, 2.05) is 6.08 Å². The van der Waals surface area contributed by atoms with Gasteiger partial charge in [-0.3, -0.25) is 5.73 Å². The Balaban J connectivity index is 2.14. The molecular weight excluding hydrogens is 126 g/mol. The van der Waals surface area contributed by atoms with Gasteiger partial charge in [0, 0.05) is 0 Å². The van der Waals surface area contributed by atoms with Crippen molar-refractivity contribution >= 4 is 0 Å². The third-order valence-electron chi connectivity index (χ3n) is 1.97. The highest BCUT2D eigenvalue weighted by Crippen LogP contribution is 2.38. The van der Waals surface area contributed by atoms with Gasteiger partial charge >= 0.3 is 0 Å². The highest BCUT2D eigenvalue weighted by atomic mass is 16.5. The Hall–Kier alpha value is -0.760. The molecular formula is C8H11NO. The molecule has 2 nitrogen and oxygen atoms in total. The fourth-order valence-electron chi connectivity index (χ4n) is 1.24. The Labute approximate surface area is 60.4 Å². The van der Waals surface area contributed by atoms with Crippen molar-refractivity contribution in [2.45, 2.75) is 19.1 Å². The second-order valence-electron chi connectivity index (χ2n) is 2.83. The Morgan fingerprint density at radius 1 is 1.50 bits per heavy atom. The van der Waals surface area contributed by atoms with Crippen LogP contribution in [0.4, 0.5) is 0 Å². The van der Waals surface area contributed by atoms with Gasteiger partial charge in [-0.2, -0.15) is 0 Å². The zero-order chi connectivity index (χ0) is 6.97. The van der Waals surface area contributed by atoms with Gasteiger partial charge in [-0.1, -0.05) is 6.08 Å². The SMILES string of the molecule is NC1OC=CC=C1C1CC1. The van der Waals surface area contributed by atoms with E-state index in [0.29, 0.717) is 0 Å². The third kappa shape index (κ3) is 0.948. The van der Waals surface area contributed by atoms with E-state index in [1.165, 1.54) is 18.4 Å². The summed E-state index contributed by atoms with van der Waals surface area (Å²) in [6.45, 7) is 0. The van der Waals surface area contributed by atoms with Crippen LogP contribution >= 0.6 is 0 Å². The first-order chi connectivity index (χ1) is 4.88. The van der Waals surface area contributed by atoms with Crippen molar-refractivity contribution in [3.63, 3.8) is 0 Å². The predicted octanol–water partition coefficient (Wildman–Crippen LogP) is 1.15. The highest BCUT2D eigenvalue weighted by molar-refractivity contribution is 5.23. The molecule has 1 aliphatic heterocycles. The largest absolute Gasteiger partial charge is 0.479 e. The topological polar surface area (TPSA) is 35.2 Å². The average Bonchev–Trinajstić information content (AvgIpc) is 2.71. The molecule has 1 heterocycles. The molecule has 1 fully saturated rings. The number of hydrogen-bond donors (Lipinski definition) is 1. The summed E-state index contributed by atoms with van der Waals surface area (Å²) >= 11 is 0. The second kappa shape index (κ2) is 2.13. The summed E-state index contributed by atoms with van der Waals surface area (Å²) in [5.74, 6) is 0.722. The second-order valence-corrected chi connectivity index (χ2v) is 2.83. The molecule has 1 unspecified atom stereocenters. The van der Waals surface area contributed by atoms with Gasteiger partial charge in [0.25, 0.3) is 0 Å². The lowest BCUT2D eigenvalue weighted by molar-refractivity contribution is 0.173. The van der Waals surface area contributed by atoms with Crippen LogP contribution < -0.4 is 5.73 Å². The summed E-state index contributed by atoms with van der Waals surface area (Å²) in [4.78, 5) is 0. The Bertz CT molecular complexity index is 191. The molecule has 0 spiro atoms. The zero-order valence-corrected chi connectivity index (χ0v) is 5.79. The molecule has 0 aromatic carbocycles.